The minimum atomic E-state index is -0.0740. The van der Waals surface area contributed by atoms with E-state index >= 15 is 0 Å². The van der Waals surface area contributed by atoms with Gasteiger partial charge in [0, 0.05) is 11.0 Å². The Hall–Kier alpha value is -7.81. The molecule has 0 aromatic heterocycles. The van der Waals surface area contributed by atoms with Gasteiger partial charge in [-0.05, 0) is 105 Å². The van der Waals surface area contributed by atoms with Crippen LogP contribution in [0, 0.1) is 0 Å². The number of amidine groups is 1. The number of allylic oxidation sites excluding steroid dienone is 1. The van der Waals surface area contributed by atoms with E-state index in [9.17, 15) is 0 Å². The van der Waals surface area contributed by atoms with Gasteiger partial charge < -0.3 is 5.73 Å². The number of fused-ring (bicyclic) bond motifs is 7. The number of benzene rings is 10. The molecule has 0 aliphatic heterocycles. The highest BCUT2D eigenvalue weighted by molar-refractivity contribution is 6.28. The maximum atomic E-state index is 6.82. The highest BCUT2D eigenvalue weighted by atomic mass is 14.9. The van der Waals surface area contributed by atoms with Crippen LogP contribution in [0.3, 0.4) is 0 Å². The summed E-state index contributed by atoms with van der Waals surface area (Å²) in [5.74, 6) is 0.485. The van der Waals surface area contributed by atoms with E-state index in [1.54, 1.807) is 0 Å². The minimum Gasteiger partial charge on any atom is -0.383 e. The predicted octanol–water partition coefficient (Wildman–Crippen LogP) is 15.4. The molecule has 0 radical (unpaired) electrons. The molecule has 63 heavy (non-hydrogen) atoms. The van der Waals surface area contributed by atoms with Crippen LogP contribution in [0.2, 0.25) is 0 Å². The minimum absolute atomic E-state index is 0.0740. The van der Waals surface area contributed by atoms with Crippen molar-refractivity contribution in [3.63, 3.8) is 0 Å². The first-order chi connectivity index (χ1) is 31.0. The van der Waals surface area contributed by atoms with Crippen LogP contribution in [0.5, 0.6) is 0 Å². The molecule has 0 amide bonds. The Kier molecular flexibility index (Phi) is 9.43. The predicted molar refractivity (Wildman–Crippen MR) is 268 cm³/mol. The maximum absolute atomic E-state index is 6.82. The van der Waals surface area contributed by atoms with Gasteiger partial charge in [0.15, 0.2) is 0 Å². The normalized spacial score (nSPS) is 13.4. The molecule has 0 unspecified atom stereocenters. The summed E-state index contributed by atoms with van der Waals surface area (Å²) in [6.07, 6.45) is 2.92. The Morgan fingerprint density at radius 1 is 0.444 bits per heavy atom. The molecule has 1 aliphatic rings. The van der Waals surface area contributed by atoms with Crippen molar-refractivity contribution < 1.29 is 0 Å². The fraction of sp³-hybridized carbons (Fsp3) is 0.0656. The molecule has 10 aromatic rings. The van der Waals surface area contributed by atoms with Gasteiger partial charge in [0.1, 0.15) is 5.84 Å². The number of hydrogen-bond donors (Lipinski definition) is 1. The zero-order valence-electron chi connectivity index (χ0n) is 35.5. The van der Waals surface area contributed by atoms with Gasteiger partial charge in [-0.1, -0.05) is 232 Å². The van der Waals surface area contributed by atoms with E-state index in [2.05, 4.69) is 202 Å². The number of hydrogen-bond acceptors (Lipinski definition) is 1. The summed E-state index contributed by atoms with van der Waals surface area (Å²) in [4.78, 5) is 5.19. The first-order valence-electron chi connectivity index (χ1n) is 21.9. The van der Waals surface area contributed by atoms with Crippen LogP contribution in [0.15, 0.2) is 223 Å². The number of rotatable bonds is 8. The quantitative estimate of drug-likeness (QED) is 0.0706. The van der Waals surface area contributed by atoms with Gasteiger partial charge in [-0.15, -0.1) is 0 Å². The van der Waals surface area contributed by atoms with E-state index < -0.39 is 0 Å². The molecule has 1 aliphatic carbocycles. The second-order valence-corrected chi connectivity index (χ2v) is 17.2. The monoisotopic (exact) mass is 806 g/mol. The van der Waals surface area contributed by atoms with Gasteiger partial charge in [0.2, 0.25) is 0 Å². The Labute approximate surface area is 369 Å². The van der Waals surface area contributed by atoms with Crippen molar-refractivity contribution in [2.45, 2.75) is 25.7 Å². The first-order valence-corrected chi connectivity index (χ1v) is 21.9. The number of nitrogens with two attached hydrogens (primary N) is 1. The third-order valence-electron chi connectivity index (χ3n) is 13.2. The van der Waals surface area contributed by atoms with Crippen molar-refractivity contribution in [3.05, 3.63) is 246 Å². The summed E-state index contributed by atoms with van der Waals surface area (Å²) in [5, 5.41) is 7.43. The van der Waals surface area contributed by atoms with Crippen LogP contribution in [0.25, 0.3) is 82.5 Å². The summed E-state index contributed by atoms with van der Waals surface area (Å²) < 4.78 is 0. The molecule has 0 saturated carbocycles. The fourth-order valence-electron chi connectivity index (χ4n) is 10.1. The topological polar surface area (TPSA) is 38.4 Å². The molecule has 0 saturated heterocycles. The lowest BCUT2D eigenvalue weighted by molar-refractivity contribution is 0.660. The third kappa shape index (κ3) is 6.54. The molecule has 0 fully saturated rings. The van der Waals surface area contributed by atoms with Crippen molar-refractivity contribution >= 4 is 43.9 Å². The molecule has 300 valence electrons. The average molecular weight is 807 g/mol. The van der Waals surface area contributed by atoms with Crippen LogP contribution in [0.1, 0.15) is 41.7 Å². The molecule has 11 rings (SSSR count). The van der Waals surface area contributed by atoms with Crippen LogP contribution in [0.4, 0.5) is 0 Å². The van der Waals surface area contributed by atoms with Crippen LogP contribution in [-0.2, 0) is 11.8 Å². The second-order valence-electron chi connectivity index (χ2n) is 17.2. The molecule has 0 spiro atoms. The van der Waals surface area contributed by atoms with Gasteiger partial charge in [-0.25, -0.2) is 4.99 Å². The Morgan fingerprint density at radius 2 is 1.03 bits per heavy atom. The molecular formula is C61H46N2. The van der Waals surface area contributed by atoms with E-state index in [-0.39, 0.29) is 5.41 Å². The molecule has 0 bridgehead atoms. The summed E-state index contributed by atoms with van der Waals surface area (Å²) in [7, 11) is 0. The standard InChI is InChI=1S/C61H46N2/c1-61(2)53-30-16-15-28-51(53)58-48(29-17-31-54(58)61)46-24-11-9-18-40(46)37-39-55(63-60(62)45-22-7-4-8-23-45)42-32-34-44(35-33-42)57-50-27-14-13-26-49(50)56(43-20-5-3-6-21-43)52-38-36-41-19-10-12-25-47(41)59(52)57/h3-36,38-39H,37H2,1-2H3,(H2,62,63)/b55-39-. The first kappa shape index (κ1) is 38.1. The summed E-state index contributed by atoms with van der Waals surface area (Å²) in [6, 6.07) is 76.6. The lowest BCUT2D eigenvalue weighted by atomic mass is 9.81. The van der Waals surface area contributed by atoms with E-state index in [1.165, 1.54) is 88.0 Å². The summed E-state index contributed by atoms with van der Waals surface area (Å²) >= 11 is 0. The Balaban J connectivity index is 1.06. The number of nitrogens with zero attached hydrogens (tertiary/aromatic N) is 1. The lowest BCUT2D eigenvalue weighted by Crippen LogP contribution is -2.14. The molecule has 0 atom stereocenters. The Morgan fingerprint density at radius 3 is 1.81 bits per heavy atom. The smallest absolute Gasteiger partial charge is 0.131 e. The zero-order valence-corrected chi connectivity index (χ0v) is 35.5. The average Bonchev–Trinajstić information content (AvgIpc) is 3.58. The summed E-state index contributed by atoms with van der Waals surface area (Å²) in [5.41, 5.74) is 23.5. The van der Waals surface area contributed by atoms with Crippen LogP contribution in [-0.4, -0.2) is 5.84 Å². The van der Waals surface area contributed by atoms with Gasteiger partial charge in [0.25, 0.3) is 0 Å². The van der Waals surface area contributed by atoms with Crippen LogP contribution < -0.4 is 5.73 Å². The van der Waals surface area contributed by atoms with E-state index in [4.69, 9.17) is 10.7 Å². The lowest BCUT2D eigenvalue weighted by Gasteiger charge is -2.21. The molecule has 2 heteroatoms. The van der Waals surface area contributed by atoms with Crippen molar-refractivity contribution in [3.8, 4) is 44.5 Å². The highest BCUT2D eigenvalue weighted by Crippen LogP contribution is 2.52. The van der Waals surface area contributed by atoms with Gasteiger partial charge in [-0.2, -0.15) is 0 Å². The van der Waals surface area contributed by atoms with E-state index in [0.717, 1.165) is 22.4 Å². The van der Waals surface area contributed by atoms with Crippen molar-refractivity contribution in [2.75, 3.05) is 0 Å². The zero-order chi connectivity index (χ0) is 42.5. The number of aliphatic imine (C=N–C) groups is 1. The van der Waals surface area contributed by atoms with Crippen molar-refractivity contribution in [1.82, 2.24) is 0 Å². The van der Waals surface area contributed by atoms with Crippen molar-refractivity contribution in [2.24, 2.45) is 10.7 Å². The van der Waals surface area contributed by atoms with Gasteiger partial charge in [-0.3, -0.25) is 0 Å². The second kappa shape index (κ2) is 15.6. The third-order valence-corrected chi connectivity index (χ3v) is 13.2. The molecular weight excluding hydrogens is 761 g/mol. The molecule has 2 nitrogen and oxygen atoms in total. The van der Waals surface area contributed by atoms with Crippen molar-refractivity contribution in [1.29, 1.82) is 0 Å². The maximum Gasteiger partial charge on any atom is 0.131 e. The molecule has 0 heterocycles. The largest absolute Gasteiger partial charge is 0.383 e. The molecule has 10 aromatic carbocycles. The van der Waals surface area contributed by atoms with Crippen LogP contribution >= 0.6 is 0 Å². The SMILES string of the molecule is CC1(C)c2ccccc2-c2c(-c3ccccc3C/C=C(\N=C(N)c3ccccc3)c3ccc(-c4c5ccccc5c(-c5ccccc5)c5ccc6ccccc6c45)cc3)cccc21. The summed E-state index contributed by atoms with van der Waals surface area (Å²) in [6.45, 7) is 4.69. The Bertz CT molecular complexity index is 3430. The van der Waals surface area contributed by atoms with Gasteiger partial charge >= 0.3 is 0 Å². The van der Waals surface area contributed by atoms with Gasteiger partial charge in [0.05, 0.1) is 5.70 Å². The fourth-order valence-corrected chi connectivity index (χ4v) is 10.1. The van der Waals surface area contributed by atoms with E-state index in [1.807, 2.05) is 30.3 Å². The highest BCUT2D eigenvalue weighted by Gasteiger charge is 2.36. The van der Waals surface area contributed by atoms with E-state index in [0.29, 0.717) is 12.3 Å². The molecule has 2 N–H and O–H groups in total.